The number of para-hydroxylation sites is 1. The number of aromatic nitrogens is 2. The molecular formula is C15H11ClN2O2. The van der Waals surface area contributed by atoms with Gasteiger partial charge in [0.2, 0.25) is 0 Å². The van der Waals surface area contributed by atoms with Crippen LogP contribution in [0.3, 0.4) is 0 Å². The molecule has 100 valence electrons. The number of aryl methyl sites for hydroxylation is 1. The Morgan fingerprint density at radius 3 is 2.45 bits per heavy atom. The first-order valence-electron chi connectivity index (χ1n) is 6.08. The molecule has 0 spiro atoms. The van der Waals surface area contributed by atoms with E-state index in [0.29, 0.717) is 21.6 Å². The Kier molecular flexibility index (Phi) is 2.95. The monoisotopic (exact) mass is 286 g/mol. The molecule has 0 aliphatic rings. The van der Waals surface area contributed by atoms with E-state index in [1.54, 1.807) is 30.3 Å². The minimum Gasteiger partial charge on any atom is -0.305 e. The number of fused-ring (bicyclic) bond motifs is 1. The van der Waals surface area contributed by atoms with Crippen molar-refractivity contribution in [1.29, 1.82) is 0 Å². The van der Waals surface area contributed by atoms with Gasteiger partial charge in [-0.25, -0.2) is 9.36 Å². The van der Waals surface area contributed by atoms with Crippen LogP contribution >= 0.6 is 11.6 Å². The van der Waals surface area contributed by atoms with Crippen LogP contribution < -0.4 is 11.2 Å². The molecular weight excluding hydrogens is 276 g/mol. The molecule has 0 unspecified atom stereocenters. The molecule has 5 heteroatoms. The molecule has 0 amide bonds. The third-order valence-electron chi connectivity index (χ3n) is 3.17. The predicted molar refractivity (Wildman–Crippen MR) is 79.9 cm³/mol. The van der Waals surface area contributed by atoms with Crippen LogP contribution in [0.5, 0.6) is 0 Å². The fourth-order valence-corrected chi connectivity index (χ4v) is 2.36. The first kappa shape index (κ1) is 12.7. The molecule has 20 heavy (non-hydrogen) atoms. The molecule has 1 heterocycles. The van der Waals surface area contributed by atoms with Gasteiger partial charge in [-0.05, 0) is 31.2 Å². The van der Waals surface area contributed by atoms with Crippen LogP contribution in [0.15, 0.2) is 52.1 Å². The summed E-state index contributed by atoms with van der Waals surface area (Å²) in [6, 6.07) is 12.1. The summed E-state index contributed by atoms with van der Waals surface area (Å²) in [7, 11) is 0. The van der Waals surface area contributed by atoms with Crippen LogP contribution in [0.2, 0.25) is 5.02 Å². The fraction of sp³-hybridized carbons (Fsp3) is 0.0667. The molecule has 4 nitrogen and oxygen atoms in total. The maximum Gasteiger partial charge on any atom is 0.333 e. The number of halogens is 1. The molecule has 1 N–H and O–H groups in total. The fourth-order valence-electron chi connectivity index (χ4n) is 2.13. The zero-order chi connectivity index (χ0) is 14.3. The minimum atomic E-state index is -0.501. The van der Waals surface area contributed by atoms with Crippen molar-refractivity contribution in [2.75, 3.05) is 0 Å². The maximum atomic E-state index is 12.5. The molecule has 0 aliphatic carbocycles. The topological polar surface area (TPSA) is 54.9 Å². The molecule has 0 saturated carbocycles. The summed E-state index contributed by atoms with van der Waals surface area (Å²) in [6.07, 6.45) is 0. The van der Waals surface area contributed by atoms with Crippen molar-refractivity contribution in [3.05, 3.63) is 73.9 Å². The standard InChI is InChI=1S/C15H11ClN2O2/c1-9-5-7-10(8-6-9)18-14(19)11-3-2-4-12(16)13(11)17-15(18)20/h2-8H,1H3,(H,17,20). The molecule has 0 saturated heterocycles. The highest BCUT2D eigenvalue weighted by Crippen LogP contribution is 2.17. The van der Waals surface area contributed by atoms with E-state index in [4.69, 9.17) is 11.6 Å². The van der Waals surface area contributed by atoms with Gasteiger partial charge in [0, 0.05) is 0 Å². The zero-order valence-corrected chi connectivity index (χ0v) is 11.4. The Balaban J connectivity index is 2.41. The lowest BCUT2D eigenvalue weighted by Gasteiger charge is -2.07. The number of aromatic amines is 1. The lowest BCUT2D eigenvalue weighted by atomic mass is 10.2. The molecule has 0 bridgehead atoms. The number of hydrogen-bond donors (Lipinski definition) is 1. The second kappa shape index (κ2) is 4.65. The van der Waals surface area contributed by atoms with Crippen molar-refractivity contribution in [1.82, 2.24) is 9.55 Å². The molecule has 0 atom stereocenters. The molecule has 0 radical (unpaired) electrons. The van der Waals surface area contributed by atoms with Crippen molar-refractivity contribution in [3.63, 3.8) is 0 Å². The summed E-state index contributed by atoms with van der Waals surface area (Å²) >= 11 is 6.00. The van der Waals surface area contributed by atoms with Gasteiger partial charge in [-0.3, -0.25) is 4.79 Å². The van der Waals surface area contributed by atoms with Crippen molar-refractivity contribution in [3.8, 4) is 5.69 Å². The van der Waals surface area contributed by atoms with Gasteiger partial charge >= 0.3 is 5.69 Å². The number of nitrogens with zero attached hydrogens (tertiary/aromatic N) is 1. The predicted octanol–water partition coefficient (Wildman–Crippen LogP) is 2.64. The quantitative estimate of drug-likeness (QED) is 0.748. The van der Waals surface area contributed by atoms with Crippen LogP contribution in [0.1, 0.15) is 5.56 Å². The van der Waals surface area contributed by atoms with E-state index in [9.17, 15) is 9.59 Å². The Labute approximate surface area is 119 Å². The summed E-state index contributed by atoms with van der Waals surface area (Å²) in [4.78, 5) is 27.3. The number of benzene rings is 2. The van der Waals surface area contributed by atoms with Crippen LogP contribution in [0.25, 0.3) is 16.6 Å². The van der Waals surface area contributed by atoms with Crippen LogP contribution in [-0.2, 0) is 0 Å². The van der Waals surface area contributed by atoms with Crippen LogP contribution in [0, 0.1) is 6.92 Å². The average Bonchev–Trinajstić information content (AvgIpc) is 2.42. The van der Waals surface area contributed by atoms with Gasteiger partial charge in [0.1, 0.15) is 0 Å². The van der Waals surface area contributed by atoms with E-state index in [0.717, 1.165) is 10.1 Å². The van der Waals surface area contributed by atoms with Gasteiger partial charge in [-0.1, -0.05) is 35.4 Å². The molecule has 3 rings (SSSR count). The van der Waals surface area contributed by atoms with Gasteiger partial charge < -0.3 is 4.98 Å². The third-order valence-corrected chi connectivity index (χ3v) is 3.49. The average molecular weight is 287 g/mol. The third kappa shape index (κ3) is 1.94. The Hall–Kier alpha value is -2.33. The maximum absolute atomic E-state index is 12.5. The highest BCUT2D eigenvalue weighted by Gasteiger charge is 2.10. The lowest BCUT2D eigenvalue weighted by molar-refractivity contribution is 0.901. The molecule has 1 aromatic heterocycles. The first-order valence-corrected chi connectivity index (χ1v) is 6.46. The van der Waals surface area contributed by atoms with E-state index in [2.05, 4.69) is 4.98 Å². The summed E-state index contributed by atoms with van der Waals surface area (Å²) in [5.74, 6) is 0. The summed E-state index contributed by atoms with van der Waals surface area (Å²) < 4.78 is 1.11. The van der Waals surface area contributed by atoms with Gasteiger partial charge in [0.15, 0.2) is 0 Å². The highest BCUT2D eigenvalue weighted by atomic mass is 35.5. The summed E-state index contributed by atoms with van der Waals surface area (Å²) in [5.41, 5.74) is 1.08. The van der Waals surface area contributed by atoms with Gasteiger partial charge in [0.25, 0.3) is 5.56 Å². The Morgan fingerprint density at radius 1 is 1.05 bits per heavy atom. The van der Waals surface area contributed by atoms with E-state index in [1.807, 2.05) is 19.1 Å². The highest BCUT2D eigenvalue weighted by molar-refractivity contribution is 6.34. The summed E-state index contributed by atoms with van der Waals surface area (Å²) in [5, 5.41) is 0.741. The number of nitrogens with one attached hydrogen (secondary N) is 1. The molecule has 3 aromatic rings. The van der Waals surface area contributed by atoms with Crippen molar-refractivity contribution < 1.29 is 0 Å². The van der Waals surface area contributed by atoms with Crippen LogP contribution in [0.4, 0.5) is 0 Å². The second-order valence-electron chi connectivity index (χ2n) is 4.57. The largest absolute Gasteiger partial charge is 0.333 e. The van der Waals surface area contributed by atoms with E-state index >= 15 is 0 Å². The van der Waals surface area contributed by atoms with Gasteiger partial charge in [0.05, 0.1) is 21.6 Å². The molecule has 0 fully saturated rings. The zero-order valence-electron chi connectivity index (χ0n) is 10.7. The van der Waals surface area contributed by atoms with Crippen LogP contribution in [-0.4, -0.2) is 9.55 Å². The Bertz CT molecular complexity index is 908. The first-order chi connectivity index (χ1) is 9.58. The molecule has 2 aromatic carbocycles. The van der Waals surface area contributed by atoms with Gasteiger partial charge in [-0.15, -0.1) is 0 Å². The van der Waals surface area contributed by atoms with Crippen molar-refractivity contribution >= 4 is 22.5 Å². The number of H-pyrrole nitrogens is 1. The van der Waals surface area contributed by atoms with E-state index in [-0.39, 0.29) is 5.56 Å². The lowest BCUT2D eigenvalue weighted by Crippen LogP contribution is -2.33. The van der Waals surface area contributed by atoms with Crippen molar-refractivity contribution in [2.24, 2.45) is 0 Å². The van der Waals surface area contributed by atoms with E-state index < -0.39 is 5.69 Å². The second-order valence-corrected chi connectivity index (χ2v) is 4.98. The SMILES string of the molecule is Cc1ccc(-n2c(=O)[nH]c3c(Cl)cccc3c2=O)cc1. The smallest absolute Gasteiger partial charge is 0.305 e. The number of hydrogen-bond acceptors (Lipinski definition) is 2. The van der Waals surface area contributed by atoms with Crippen molar-refractivity contribution in [2.45, 2.75) is 6.92 Å². The minimum absolute atomic E-state index is 0.354. The van der Waals surface area contributed by atoms with E-state index in [1.165, 1.54) is 0 Å². The Morgan fingerprint density at radius 2 is 1.75 bits per heavy atom. The number of rotatable bonds is 1. The summed E-state index contributed by atoms with van der Waals surface area (Å²) in [6.45, 7) is 1.94. The normalized spacial score (nSPS) is 10.9. The van der Waals surface area contributed by atoms with Gasteiger partial charge in [-0.2, -0.15) is 0 Å². The molecule has 0 aliphatic heterocycles.